The average Bonchev–Trinajstić information content (AvgIpc) is 2.42. The molecular formula is C16H28N2O3. The number of hydrogen-bond donors (Lipinski definition) is 2. The van der Waals surface area contributed by atoms with Crippen LogP contribution in [0.25, 0.3) is 0 Å². The Bertz CT molecular complexity index is 412. The summed E-state index contributed by atoms with van der Waals surface area (Å²) >= 11 is 0. The summed E-state index contributed by atoms with van der Waals surface area (Å²) in [4.78, 5) is 25.7. The maximum atomic E-state index is 12.6. The van der Waals surface area contributed by atoms with Crippen molar-refractivity contribution in [3.05, 3.63) is 0 Å². The largest absolute Gasteiger partial charge is 0.480 e. The van der Waals surface area contributed by atoms with E-state index in [4.69, 9.17) is 0 Å². The van der Waals surface area contributed by atoms with E-state index >= 15 is 0 Å². The van der Waals surface area contributed by atoms with Crippen LogP contribution in [0.4, 0.5) is 4.79 Å². The molecule has 1 saturated carbocycles. The SMILES string of the molecule is CC1CCC(NC(=O)N2CCCCC2(C)C(=O)O)C(C)C1. The molecule has 5 nitrogen and oxygen atoms in total. The Morgan fingerprint density at radius 1 is 1.24 bits per heavy atom. The van der Waals surface area contributed by atoms with Crippen LogP contribution in [0.3, 0.4) is 0 Å². The molecule has 21 heavy (non-hydrogen) atoms. The lowest BCUT2D eigenvalue weighted by Crippen LogP contribution is -2.61. The monoisotopic (exact) mass is 296 g/mol. The highest BCUT2D eigenvalue weighted by Crippen LogP contribution is 2.31. The molecular weight excluding hydrogens is 268 g/mol. The van der Waals surface area contributed by atoms with Gasteiger partial charge in [0.15, 0.2) is 0 Å². The Morgan fingerprint density at radius 2 is 1.95 bits per heavy atom. The summed E-state index contributed by atoms with van der Waals surface area (Å²) in [6.45, 7) is 6.63. The molecule has 2 amide bonds. The molecule has 2 rings (SSSR count). The molecule has 1 heterocycles. The van der Waals surface area contributed by atoms with Crippen molar-refractivity contribution in [3.8, 4) is 0 Å². The van der Waals surface area contributed by atoms with E-state index in [1.807, 2.05) is 0 Å². The fourth-order valence-electron chi connectivity index (χ4n) is 3.79. The minimum Gasteiger partial charge on any atom is -0.480 e. The topological polar surface area (TPSA) is 69.6 Å². The second kappa shape index (κ2) is 6.24. The number of carboxylic acid groups (broad SMARTS) is 1. The third-order valence-corrected chi connectivity index (χ3v) is 5.34. The number of nitrogens with one attached hydrogen (secondary N) is 1. The molecule has 5 heteroatoms. The number of urea groups is 1. The van der Waals surface area contributed by atoms with Crippen molar-refractivity contribution in [1.82, 2.24) is 10.2 Å². The average molecular weight is 296 g/mol. The van der Waals surface area contributed by atoms with Crippen LogP contribution < -0.4 is 5.32 Å². The van der Waals surface area contributed by atoms with Gasteiger partial charge in [-0.1, -0.05) is 13.8 Å². The summed E-state index contributed by atoms with van der Waals surface area (Å²) < 4.78 is 0. The maximum absolute atomic E-state index is 12.6. The fourth-order valence-corrected chi connectivity index (χ4v) is 3.79. The molecule has 0 spiro atoms. The highest BCUT2D eigenvalue weighted by molar-refractivity contribution is 5.86. The first-order valence-electron chi connectivity index (χ1n) is 8.16. The van der Waals surface area contributed by atoms with Gasteiger partial charge in [-0.3, -0.25) is 0 Å². The van der Waals surface area contributed by atoms with Gasteiger partial charge in [-0.25, -0.2) is 9.59 Å². The zero-order chi connectivity index (χ0) is 15.6. The Hall–Kier alpha value is -1.26. The molecule has 2 fully saturated rings. The maximum Gasteiger partial charge on any atom is 0.329 e. The van der Waals surface area contributed by atoms with Gasteiger partial charge in [0.25, 0.3) is 0 Å². The summed E-state index contributed by atoms with van der Waals surface area (Å²) in [7, 11) is 0. The van der Waals surface area contributed by atoms with Gasteiger partial charge in [-0.15, -0.1) is 0 Å². The first-order valence-corrected chi connectivity index (χ1v) is 8.16. The van der Waals surface area contributed by atoms with Gasteiger partial charge in [0.2, 0.25) is 0 Å². The number of aliphatic carboxylic acids is 1. The third kappa shape index (κ3) is 3.33. The van der Waals surface area contributed by atoms with Crippen molar-refractivity contribution in [2.75, 3.05) is 6.54 Å². The molecule has 0 aromatic heterocycles. The number of piperidine rings is 1. The van der Waals surface area contributed by atoms with E-state index in [9.17, 15) is 14.7 Å². The fraction of sp³-hybridized carbons (Fsp3) is 0.875. The van der Waals surface area contributed by atoms with E-state index in [-0.39, 0.29) is 12.1 Å². The van der Waals surface area contributed by atoms with Crippen LogP contribution in [0.1, 0.15) is 59.3 Å². The van der Waals surface area contributed by atoms with Crippen molar-refractivity contribution in [2.45, 2.75) is 70.9 Å². The standard InChI is InChI=1S/C16H28N2O3/c1-11-6-7-13(12(2)10-11)17-15(21)18-9-5-4-8-16(18,3)14(19)20/h11-13H,4-10H2,1-3H3,(H,17,21)(H,19,20). The van der Waals surface area contributed by atoms with Crippen molar-refractivity contribution in [3.63, 3.8) is 0 Å². The first kappa shape index (κ1) is 16.1. The number of rotatable bonds is 2. The van der Waals surface area contributed by atoms with E-state index in [0.717, 1.165) is 32.1 Å². The van der Waals surface area contributed by atoms with Gasteiger partial charge in [0.05, 0.1) is 0 Å². The predicted octanol–water partition coefficient (Wildman–Crippen LogP) is 2.85. The molecule has 0 radical (unpaired) electrons. The highest BCUT2D eigenvalue weighted by atomic mass is 16.4. The molecule has 0 bridgehead atoms. The second-order valence-electron chi connectivity index (χ2n) is 7.14. The zero-order valence-corrected chi connectivity index (χ0v) is 13.4. The Balaban J connectivity index is 2.03. The molecule has 1 aliphatic carbocycles. The van der Waals surface area contributed by atoms with Crippen molar-refractivity contribution in [2.24, 2.45) is 11.8 Å². The highest BCUT2D eigenvalue weighted by Gasteiger charge is 2.44. The van der Waals surface area contributed by atoms with Crippen LogP contribution in [0.2, 0.25) is 0 Å². The van der Waals surface area contributed by atoms with Crippen LogP contribution in [-0.4, -0.2) is 40.1 Å². The van der Waals surface area contributed by atoms with Crippen molar-refractivity contribution in [1.29, 1.82) is 0 Å². The van der Waals surface area contributed by atoms with Gasteiger partial charge in [0, 0.05) is 12.6 Å². The van der Waals surface area contributed by atoms with Gasteiger partial charge in [-0.05, 0) is 57.3 Å². The minimum absolute atomic E-state index is 0.175. The molecule has 4 atom stereocenters. The lowest BCUT2D eigenvalue weighted by molar-refractivity contribution is -0.150. The van der Waals surface area contributed by atoms with Crippen molar-refractivity contribution >= 4 is 12.0 Å². The summed E-state index contributed by atoms with van der Waals surface area (Å²) in [5.41, 5.74) is -1.06. The van der Waals surface area contributed by atoms with Gasteiger partial charge in [-0.2, -0.15) is 0 Å². The number of amides is 2. The van der Waals surface area contributed by atoms with E-state index in [1.54, 1.807) is 6.92 Å². The minimum atomic E-state index is -1.06. The number of hydrogen-bond acceptors (Lipinski definition) is 2. The normalized spacial score (nSPS) is 37.1. The Labute approximate surface area is 127 Å². The zero-order valence-electron chi connectivity index (χ0n) is 13.4. The first-order chi connectivity index (χ1) is 9.84. The van der Waals surface area contributed by atoms with Crippen LogP contribution in [-0.2, 0) is 4.79 Å². The van der Waals surface area contributed by atoms with E-state index < -0.39 is 11.5 Å². The molecule has 0 aromatic carbocycles. The number of likely N-dealkylation sites (tertiary alicyclic amines) is 1. The molecule has 1 aliphatic heterocycles. The van der Waals surface area contributed by atoms with Crippen LogP contribution in [0, 0.1) is 11.8 Å². The molecule has 1 saturated heterocycles. The van der Waals surface area contributed by atoms with Crippen LogP contribution >= 0.6 is 0 Å². The van der Waals surface area contributed by atoms with E-state index in [2.05, 4.69) is 19.2 Å². The summed E-state index contributed by atoms with van der Waals surface area (Å²) in [5.74, 6) is 0.272. The third-order valence-electron chi connectivity index (χ3n) is 5.34. The summed E-state index contributed by atoms with van der Waals surface area (Å²) in [6.07, 6.45) is 5.53. The molecule has 0 aromatic rings. The van der Waals surface area contributed by atoms with Gasteiger partial charge >= 0.3 is 12.0 Å². The molecule has 4 unspecified atom stereocenters. The summed E-state index contributed by atoms with van der Waals surface area (Å²) in [6, 6.07) is -0.0281. The predicted molar refractivity (Wildman–Crippen MR) is 81.1 cm³/mol. The molecule has 2 aliphatic rings. The van der Waals surface area contributed by atoms with E-state index in [0.29, 0.717) is 24.8 Å². The second-order valence-corrected chi connectivity index (χ2v) is 7.14. The summed E-state index contributed by atoms with van der Waals surface area (Å²) in [5, 5.41) is 12.6. The van der Waals surface area contributed by atoms with Crippen LogP contribution in [0.15, 0.2) is 0 Å². The Kier molecular flexibility index (Phi) is 4.79. The van der Waals surface area contributed by atoms with Gasteiger partial charge < -0.3 is 15.3 Å². The quantitative estimate of drug-likeness (QED) is 0.823. The number of carbonyl (C=O) groups excluding carboxylic acids is 1. The smallest absolute Gasteiger partial charge is 0.329 e. The molecule has 120 valence electrons. The Morgan fingerprint density at radius 3 is 2.57 bits per heavy atom. The lowest BCUT2D eigenvalue weighted by atomic mass is 9.80. The van der Waals surface area contributed by atoms with Crippen LogP contribution in [0.5, 0.6) is 0 Å². The van der Waals surface area contributed by atoms with E-state index in [1.165, 1.54) is 4.90 Å². The molecule has 2 N–H and O–H groups in total. The number of carbonyl (C=O) groups is 2. The number of carboxylic acids is 1. The number of nitrogens with zero attached hydrogens (tertiary/aromatic N) is 1. The van der Waals surface area contributed by atoms with Gasteiger partial charge in [0.1, 0.15) is 5.54 Å². The lowest BCUT2D eigenvalue weighted by Gasteiger charge is -2.43. The van der Waals surface area contributed by atoms with Crippen molar-refractivity contribution < 1.29 is 14.7 Å².